The molecule has 34 heavy (non-hydrogen) atoms. The van der Waals surface area contributed by atoms with Gasteiger partial charge in [0.2, 0.25) is 0 Å². The number of nitrogens with one attached hydrogen (secondary N) is 1. The zero-order chi connectivity index (χ0) is 24.3. The van der Waals surface area contributed by atoms with Crippen molar-refractivity contribution < 1.29 is 19.1 Å². The SMILES string of the molecule is N#Cc1ccc(C(=O)N[C@@H](COc2cc(C#N)ccc2I)CC(=O)OCc2ccccc2)cc1. The minimum atomic E-state index is -0.687. The van der Waals surface area contributed by atoms with Crippen molar-refractivity contribution in [1.29, 1.82) is 10.5 Å². The third-order valence-corrected chi connectivity index (χ3v) is 5.66. The average Bonchev–Trinajstić information content (AvgIpc) is 2.87. The van der Waals surface area contributed by atoms with E-state index in [4.69, 9.17) is 20.0 Å². The summed E-state index contributed by atoms with van der Waals surface area (Å²) in [5, 5.41) is 20.9. The van der Waals surface area contributed by atoms with Crippen LogP contribution in [-0.2, 0) is 16.1 Å². The molecule has 0 heterocycles. The fraction of sp³-hybridized carbons (Fsp3) is 0.154. The van der Waals surface area contributed by atoms with Crippen LogP contribution in [0.5, 0.6) is 5.75 Å². The fourth-order valence-electron chi connectivity index (χ4n) is 2.99. The molecule has 0 radical (unpaired) electrons. The molecule has 0 bridgehead atoms. The van der Waals surface area contributed by atoms with Gasteiger partial charge in [0.1, 0.15) is 19.0 Å². The summed E-state index contributed by atoms with van der Waals surface area (Å²) in [6, 6.07) is 23.9. The topological polar surface area (TPSA) is 112 Å². The summed E-state index contributed by atoms with van der Waals surface area (Å²) in [7, 11) is 0. The van der Waals surface area contributed by atoms with Crippen LogP contribution in [0.3, 0.4) is 0 Å². The van der Waals surface area contributed by atoms with Crippen molar-refractivity contribution in [3.63, 3.8) is 0 Å². The first-order valence-electron chi connectivity index (χ1n) is 10.3. The molecule has 7 nitrogen and oxygen atoms in total. The van der Waals surface area contributed by atoms with Crippen LogP contribution in [0, 0.1) is 26.2 Å². The van der Waals surface area contributed by atoms with Crippen molar-refractivity contribution in [3.8, 4) is 17.9 Å². The van der Waals surface area contributed by atoms with Crippen LogP contribution in [0.25, 0.3) is 0 Å². The van der Waals surface area contributed by atoms with Crippen LogP contribution in [0.4, 0.5) is 0 Å². The monoisotopic (exact) mass is 565 g/mol. The molecule has 0 saturated carbocycles. The maximum Gasteiger partial charge on any atom is 0.308 e. The molecule has 0 aliphatic rings. The number of benzene rings is 3. The number of amides is 1. The Kier molecular flexibility index (Phi) is 9.01. The lowest BCUT2D eigenvalue weighted by Crippen LogP contribution is -2.41. The number of hydrogen-bond acceptors (Lipinski definition) is 6. The van der Waals surface area contributed by atoms with E-state index in [0.29, 0.717) is 22.4 Å². The summed E-state index contributed by atoms with van der Waals surface area (Å²) in [5.41, 5.74) is 2.08. The molecule has 3 aromatic carbocycles. The average molecular weight is 565 g/mol. The molecule has 0 aliphatic heterocycles. The predicted octanol–water partition coefficient (Wildman–Crippen LogP) is 4.35. The first kappa shape index (κ1) is 24.7. The number of rotatable bonds is 9. The Morgan fingerprint density at radius 1 is 0.941 bits per heavy atom. The van der Waals surface area contributed by atoms with Crippen molar-refractivity contribution in [2.75, 3.05) is 6.61 Å². The van der Waals surface area contributed by atoms with Gasteiger partial charge in [0.05, 0.1) is 39.3 Å². The molecular formula is C26H20IN3O4. The van der Waals surface area contributed by atoms with E-state index in [9.17, 15) is 9.59 Å². The molecule has 8 heteroatoms. The normalized spacial score (nSPS) is 10.9. The quantitative estimate of drug-likeness (QED) is 0.305. The molecule has 0 aliphatic carbocycles. The summed E-state index contributed by atoms with van der Waals surface area (Å²) >= 11 is 2.09. The van der Waals surface area contributed by atoms with Crippen LogP contribution >= 0.6 is 22.6 Å². The van der Waals surface area contributed by atoms with E-state index >= 15 is 0 Å². The van der Waals surface area contributed by atoms with Gasteiger partial charge in [-0.15, -0.1) is 0 Å². The van der Waals surface area contributed by atoms with Crippen LogP contribution < -0.4 is 10.1 Å². The van der Waals surface area contributed by atoms with Gasteiger partial charge in [-0.3, -0.25) is 9.59 Å². The van der Waals surface area contributed by atoms with Gasteiger partial charge in [0, 0.05) is 5.56 Å². The van der Waals surface area contributed by atoms with Crippen molar-refractivity contribution in [1.82, 2.24) is 5.32 Å². The number of halogens is 1. The molecular weight excluding hydrogens is 545 g/mol. The summed E-state index contributed by atoms with van der Waals surface area (Å²) in [6.07, 6.45) is -0.108. The molecule has 0 aromatic heterocycles. The van der Waals surface area contributed by atoms with Crippen molar-refractivity contribution in [2.24, 2.45) is 0 Å². The van der Waals surface area contributed by atoms with Crippen LogP contribution in [0.1, 0.15) is 33.5 Å². The number of carbonyl (C=O) groups excluding carboxylic acids is 2. The van der Waals surface area contributed by atoms with Gasteiger partial charge in [-0.25, -0.2) is 0 Å². The Morgan fingerprint density at radius 3 is 2.29 bits per heavy atom. The number of nitrogens with zero attached hydrogens (tertiary/aromatic N) is 2. The van der Waals surface area contributed by atoms with Gasteiger partial charge in [-0.05, 0) is 70.6 Å². The lowest BCUT2D eigenvalue weighted by Gasteiger charge is -2.19. The Morgan fingerprint density at radius 2 is 1.62 bits per heavy atom. The molecule has 1 N–H and O–H groups in total. The van der Waals surface area contributed by atoms with Gasteiger partial charge in [0.25, 0.3) is 5.91 Å². The molecule has 3 aromatic rings. The third kappa shape index (κ3) is 7.32. The van der Waals surface area contributed by atoms with Gasteiger partial charge in [-0.1, -0.05) is 30.3 Å². The van der Waals surface area contributed by atoms with Crippen LogP contribution in [0.2, 0.25) is 0 Å². The highest BCUT2D eigenvalue weighted by atomic mass is 127. The number of ether oxygens (including phenoxy) is 2. The highest BCUT2D eigenvalue weighted by Crippen LogP contribution is 2.22. The van der Waals surface area contributed by atoms with E-state index in [1.807, 2.05) is 36.4 Å². The number of nitriles is 2. The van der Waals surface area contributed by atoms with E-state index < -0.39 is 17.9 Å². The molecule has 0 unspecified atom stereocenters. The lowest BCUT2D eigenvalue weighted by molar-refractivity contribution is -0.145. The predicted molar refractivity (Wildman–Crippen MR) is 133 cm³/mol. The molecule has 3 rings (SSSR count). The molecule has 0 spiro atoms. The summed E-state index contributed by atoms with van der Waals surface area (Å²) in [4.78, 5) is 25.2. The van der Waals surface area contributed by atoms with Crippen LogP contribution in [-0.4, -0.2) is 24.5 Å². The smallest absolute Gasteiger partial charge is 0.308 e. The Bertz CT molecular complexity index is 1230. The zero-order valence-corrected chi connectivity index (χ0v) is 20.2. The molecule has 170 valence electrons. The first-order chi connectivity index (χ1) is 16.5. The summed E-state index contributed by atoms with van der Waals surface area (Å²) in [6.45, 7) is 0.117. The minimum absolute atomic E-state index is 0.00661. The third-order valence-electron chi connectivity index (χ3n) is 4.77. The first-order valence-corrected chi connectivity index (χ1v) is 11.4. The van der Waals surface area contributed by atoms with E-state index in [1.165, 1.54) is 0 Å². The summed E-state index contributed by atoms with van der Waals surface area (Å²) < 4.78 is 12.0. The van der Waals surface area contributed by atoms with Gasteiger partial charge < -0.3 is 14.8 Å². The number of hydrogen-bond donors (Lipinski definition) is 1. The molecule has 1 atom stereocenters. The molecule has 1 amide bonds. The standard InChI is InChI=1S/C26H20IN3O4/c27-23-11-8-20(15-29)12-24(23)33-17-22(13-25(31)34-16-19-4-2-1-3-5-19)30-26(32)21-9-6-18(14-28)7-10-21/h1-12,22H,13,16-17H2,(H,30,32)/t22-/m1/s1. The molecule has 0 saturated heterocycles. The van der Waals surface area contributed by atoms with E-state index in [-0.39, 0.29) is 19.6 Å². The van der Waals surface area contributed by atoms with Crippen LogP contribution in [0.15, 0.2) is 72.8 Å². The van der Waals surface area contributed by atoms with E-state index in [2.05, 4.69) is 34.0 Å². The zero-order valence-electron chi connectivity index (χ0n) is 18.0. The lowest BCUT2D eigenvalue weighted by atomic mass is 10.1. The highest BCUT2D eigenvalue weighted by molar-refractivity contribution is 14.1. The van der Waals surface area contributed by atoms with Gasteiger partial charge in [-0.2, -0.15) is 10.5 Å². The van der Waals surface area contributed by atoms with Gasteiger partial charge >= 0.3 is 5.97 Å². The Balaban J connectivity index is 1.69. The fourth-order valence-corrected chi connectivity index (χ4v) is 3.48. The van der Waals surface area contributed by atoms with Crippen molar-refractivity contribution >= 4 is 34.5 Å². The van der Waals surface area contributed by atoms with Crippen molar-refractivity contribution in [2.45, 2.75) is 19.1 Å². The second kappa shape index (κ2) is 12.4. The second-order valence-corrected chi connectivity index (χ2v) is 8.44. The number of carbonyl (C=O) groups is 2. The maximum absolute atomic E-state index is 12.7. The molecule has 0 fully saturated rings. The second-order valence-electron chi connectivity index (χ2n) is 7.28. The number of esters is 1. The van der Waals surface area contributed by atoms with Crippen molar-refractivity contribution in [3.05, 3.63) is 98.6 Å². The maximum atomic E-state index is 12.7. The van der Waals surface area contributed by atoms with E-state index in [0.717, 1.165) is 9.13 Å². The van der Waals surface area contributed by atoms with Gasteiger partial charge in [0.15, 0.2) is 0 Å². The minimum Gasteiger partial charge on any atom is -0.490 e. The van der Waals surface area contributed by atoms with E-state index in [1.54, 1.807) is 42.5 Å². The largest absolute Gasteiger partial charge is 0.490 e. The highest BCUT2D eigenvalue weighted by Gasteiger charge is 2.20. The summed E-state index contributed by atoms with van der Waals surface area (Å²) in [5.74, 6) is -0.414. The Hall–Kier alpha value is -3.89. The Labute approximate surface area is 211 Å².